The zero-order valence-corrected chi connectivity index (χ0v) is 10.2. The van der Waals surface area contributed by atoms with E-state index in [2.05, 4.69) is 15.5 Å². The summed E-state index contributed by atoms with van der Waals surface area (Å²) in [4.78, 5) is 11.7. The molecule has 2 aromatic rings. The molecule has 7 heteroatoms. The van der Waals surface area contributed by atoms with Crippen LogP contribution in [0.3, 0.4) is 0 Å². The molecule has 0 fully saturated rings. The van der Waals surface area contributed by atoms with Gasteiger partial charge in [-0.25, -0.2) is 0 Å². The zero-order chi connectivity index (χ0) is 13.7. The molecule has 96 valence electrons. The summed E-state index contributed by atoms with van der Waals surface area (Å²) in [6.07, 6.45) is 0. The number of hydrogen-bond donors (Lipinski definition) is 0. The normalized spacial score (nSPS) is 11.6. The summed E-state index contributed by atoms with van der Waals surface area (Å²) in [5.74, 6) is -1.65. The molecule has 7 nitrogen and oxygen atoms in total. The van der Waals surface area contributed by atoms with Gasteiger partial charge in [0.2, 0.25) is 5.92 Å². The first-order valence-corrected chi connectivity index (χ1v) is 5.68. The Morgan fingerprint density at radius 1 is 1.47 bits per heavy atom. The van der Waals surface area contributed by atoms with Crippen molar-refractivity contribution in [1.29, 1.82) is 5.26 Å². The highest BCUT2D eigenvalue weighted by Gasteiger charge is 2.28. The van der Waals surface area contributed by atoms with Crippen molar-refractivity contribution in [2.75, 3.05) is 6.61 Å². The van der Waals surface area contributed by atoms with Gasteiger partial charge in [0.15, 0.2) is 5.82 Å². The predicted molar refractivity (Wildman–Crippen MR) is 64.1 cm³/mol. The number of carbonyl (C=O) groups excluding carboxylic acids is 1. The number of aromatic nitrogens is 4. The molecular formula is C12H11N5O2. The third-order valence-corrected chi connectivity index (χ3v) is 2.40. The third-order valence-electron chi connectivity index (χ3n) is 2.40. The zero-order valence-electron chi connectivity index (χ0n) is 10.2. The number of nitriles is 1. The minimum absolute atomic E-state index is 0.146. The molecule has 1 aromatic carbocycles. The van der Waals surface area contributed by atoms with Crippen LogP contribution in [0.25, 0.3) is 5.69 Å². The van der Waals surface area contributed by atoms with Crippen molar-refractivity contribution in [2.24, 2.45) is 0 Å². The monoisotopic (exact) mass is 257 g/mol. The SMILES string of the molecule is CCOC(=O)C(C#N)c1nnnn1-c1ccccc1. The summed E-state index contributed by atoms with van der Waals surface area (Å²) in [7, 11) is 0. The molecule has 0 aliphatic rings. The fourth-order valence-corrected chi connectivity index (χ4v) is 1.57. The standard InChI is InChI=1S/C12H11N5O2/c1-2-19-12(18)10(8-13)11-14-15-16-17(11)9-6-4-3-5-7-9/h3-7,10H,2H2,1H3. The number of hydrogen-bond acceptors (Lipinski definition) is 6. The topological polar surface area (TPSA) is 93.7 Å². The Kier molecular flexibility index (Phi) is 3.83. The Bertz CT molecular complexity index is 602. The number of esters is 1. The Morgan fingerprint density at radius 2 is 2.21 bits per heavy atom. The molecule has 1 unspecified atom stereocenters. The molecule has 0 aliphatic carbocycles. The maximum atomic E-state index is 11.7. The maximum Gasteiger partial charge on any atom is 0.331 e. The Hall–Kier alpha value is -2.75. The van der Waals surface area contributed by atoms with E-state index < -0.39 is 11.9 Å². The van der Waals surface area contributed by atoms with Crippen LogP contribution in [0.2, 0.25) is 0 Å². The van der Waals surface area contributed by atoms with E-state index in [9.17, 15) is 4.79 Å². The van der Waals surface area contributed by atoms with E-state index in [0.29, 0.717) is 5.69 Å². The van der Waals surface area contributed by atoms with Crippen LogP contribution in [-0.2, 0) is 9.53 Å². The first-order valence-electron chi connectivity index (χ1n) is 5.68. The Morgan fingerprint density at radius 3 is 2.84 bits per heavy atom. The average Bonchev–Trinajstić information content (AvgIpc) is 2.90. The number of ether oxygens (including phenoxy) is 1. The van der Waals surface area contributed by atoms with Crippen molar-refractivity contribution >= 4 is 5.97 Å². The first kappa shape index (κ1) is 12.7. The Labute approximate surface area is 109 Å². The molecule has 1 atom stereocenters. The predicted octanol–water partition coefficient (Wildman–Crippen LogP) is 0.833. The molecular weight excluding hydrogens is 246 g/mol. The lowest BCUT2D eigenvalue weighted by atomic mass is 10.1. The van der Waals surface area contributed by atoms with Crippen molar-refractivity contribution in [2.45, 2.75) is 12.8 Å². The van der Waals surface area contributed by atoms with E-state index in [-0.39, 0.29) is 12.4 Å². The summed E-state index contributed by atoms with van der Waals surface area (Å²) in [5, 5.41) is 20.2. The molecule has 0 amide bonds. The van der Waals surface area contributed by atoms with Crippen LogP contribution in [0.5, 0.6) is 0 Å². The molecule has 19 heavy (non-hydrogen) atoms. The molecule has 0 N–H and O–H groups in total. The van der Waals surface area contributed by atoms with E-state index in [1.165, 1.54) is 4.68 Å². The number of carbonyl (C=O) groups is 1. The number of tetrazole rings is 1. The molecule has 2 rings (SSSR count). The fourth-order valence-electron chi connectivity index (χ4n) is 1.57. The van der Waals surface area contributed by atoms with Crippen LogP contribution in [-0.4, -0.2) is 32.8 Å². The molecule has 0 saturated heterocycles. The quantitative estimate of drug-likeness (QED) is 0.753. The van der Waals surface area contributed by atoms with E-state index in [0.717, 1.165) is 0 Å². The molecule has 1 aromatic heterocycles. The highest BCUT2D eigenvalue weighted by atomic mass is 16.5. The van der Waals surface area contributed by atoms with E-state index in [1.54, 1.807) is 19.1 Å². The number of para-hydroxylation sites is 1. The summed E-state index contributed by atoms with van der Waals surface area (Å²) < 4.78 is 6.19. The molecule has 0 radical (unpaired) electrons. The molecule has 0 aliphatic heterocycles. The van der Waals surface area contributed by atoms with Gasteiger partial charge in [0.1, 0.15) is 0 Å². The van der Waals surface area contributed by atoms with Crippen LogP contribution >= 0.6 is 0 Å². The van der Waals surface area contributed by atoms with Gasteiger partial charge in [-0.1, -0.05) is 18.2 Å². The van der Waals surface area contributed by atoms with Gasteiger partial charge < -0.3 is 4.74 Å². The summed E-state index contributed by atoms with van der Waals surface area (Å²) in [6, 6.07) is 10.9. The van der Waals surface area contributed by atoms with Gasteiger partial charge in [0.25, 0.3) is 0 Å². The van der Waals surface area contributed by atoms with Gasteiger partial charge in [0, 0.05) is 0 Å². The summed E-state index contributed by atoms with van der Waals surface area (Å²) in [6.45, 7) is 1.87. The van der Waals surface area contributed by atoms with E-state index in [4.69, 9.17) is 10.00 Å². The highest BCUT2D eigenvalue weighted by Crippen LogP contribution is 2.17. The second-order valence-corrected chi connectivity index (χ2v) is 3.60. The molecule has 1 heterocycles. The van der Waals surface area contributed by atoms with Crippen LogP contribution in [0.1, 0.15) is 18.7 Å². The van der Waals surface area contributed by atoms with Crippen LogP contribution < -0.4 is 0 Å². The Balaban J connectivity index is 2.39. The van der Waals surface area contributed by atoms with Gasteiger partial charge >= 0.3 is 5.97 Å². The highest BCUT2D eigenvalue weighted by molar-refractivity contribution is 5.80. The molecule has 0 bridgehead atoms. The van der Waals surface area contributed by atoms with Crippen molar-refractivity contribution in [1.82, 2.24) is 20.2 Å². The smallest absolute Gasteiger partial charge is 0.331 e. The van der Waals surface area contributed by atoms with Gasteiger partial charge in [-0.15, -0.1) is 5.10 Å². The lowest BCUT2D eigenvalue weighted by Gasteiger charge is -2.08. The van der Waals surface area contributed by atoms with Gasteiger partial charge in [0.05, 0.1) is 18.4 Å². The van der Waals surface area contributed by atoms with Crippen molar-refractivity contribution in [3.05, 3.63) is 36.2 Å². The van der Waals surface area contributed by atoms with Gasteiger partial charge in [-0.2, -0.15) is 9.94 Å². The van der Waals surface area contributed by atoms with E-state index in [1.807, 2.05) is 24.3 Å². The van der Waals surface area contributed by atoms with Crippen LogP contribution in [0.4, 0.5) is 0 Å². The minimum Gasteiger partial charge on any atom is -0.465 e. The van der Waals surface area contributed by atoms with Crippen molar-refractivity contribution in [3.8, 4) is 11.8 Å². The molecule has 0 spiro atoms. The van der Waals surface area contributed by atoms with Crippen LogP contribution in [0, 0.1) is 11.3 Å². The lowest BCUT2D eigenvalue weighted by Crippen LogP contribution is -2.18. The number of rotatable bonds is 4. The summed E-state index contributed by atoms with van der Waals surface area (Å²) in [5.41, 5.74) is 0.673. The number of nitrogens with zero attached hydrogens (tertiary/aromatic N) is 5. The van der Waals surface area contributed by atoms with Crippen LogP contribution in [0.15, 0.2) is 30.3 Å². The minimum atomic E-state index is -1.14. The van der Waals surface area contributed by atoms with E-state index >= 15 is 0 Å². The summed E-state index contributed by atoms with van der Waals surface area (Å²) >= 11 is 0. The van der Waals surface area contributed by atoms with Crippen molar-refractivity contribution < 1.29 is 9.53 Å². The maximum absolute atomic E-state index is 11.7. The number of benzene rings is 1. The largest absolute Gasteiger partial charge is 0.465 e. The second kappa shape index (κ2) is 5.73. The first-order chi connectivity index (χ1) is 9.27. The second-order valence-electron chi connectivity index (χ2n) is 3.60. The van der Waals surface area contributed by atoms with Gasteiger partial charge in [-0.05, 0) is 29.5 Å². The fraction of sp³-hybridized carbons (Fsp3) is 0.250. The third kappa shape index (κ3) is 2.57. The lowest BCUT2D eigenvalue weighted by molar-refractivity contribution is -0.143. The van der Waals surface area contributed by atoms with Crippen molar-refractivity contribution in [3.63, 3.8) is 0 Å². The molecule has 0 saturated carbocycles. The average molecular weight is 257 g/mol. The van der Waals surface area contributed by atoms with Gasteiger partial charge in [-0.3, -0.25) is 4.79 Å².